The zero-order valence-electron chi connectivity index (χ0n) is 15.3. The summed E-state index contributed by atoms with van der Waals surface area (Å²) in [5.74, 6) is 0.625. The van der Waals surface area contributed by atoms with Crippen LogP contribution >= 0.6 is 0 Å². The minimum absolute atomic E-state index is 0.139. The van der Waals surface area contributed by atoms with Gasteiger partial charge in [0.1, 0.15) is 22.7 Å². The summed E-state index contributed by atoms with van der Waals surface area (Å²) in [7, 11) is -2.08. The fourth-order valence-electron chi connectivity index (χ4n) is 3.01. The Labute approximate surface area is 160 Å². The van der Waals surface area contributed by atoms with Crippen molar-refractivity contribution in [1.29, 1.82) is 0 Å². The van der Waals surface area contributed by atoms with Gasteiger partial charge >= 0.3 is 0 Å². The van der Waals surface area contributed by atoms with Gasteiger partial charge in [-0.1, -0.05) is 0 Å². The van der Waals surface area contributed by atoms with E-state index in [2.05, 4.69) is 19.7 Å². The molecule has 10 heteroatoms. The van der Waals surface area contributed by atoms with Gasteiger partial charge in [-0.2, -0.15) is 4.98 Å². The fraction of sp³-hybridized carbons (Fsp3) is 0.167. The van der Waals surface area contributed by atoms with Crippen molar-refractivity contribution in [2.24, 2.45) is 0 Å². The third-order valence-corrected chi connectivity index (χ3v) is 4.71. The Kier molecular flexibility index (Phi) is 4.15. The lowest BCUT2D eigenvalue weighted by Crippen LogP contribution is -2.13. The number of sulfonamides is 1. The lowest BCUT2D eigenvalue weighted by molar-refractivity contribution is 0.399. The Balaban J connectivity index is 2.15. The maximum Gasteiger partial charge on any atom is 0.231 e. The van der Waals surface area contributed by atoms with Gasteiger partial charge in [-0.25, -0.2) is 22.8 Å². The van der Waals surface area contributed by atoms with E-state index >= 15 is 0 Å². The number of methoxy groups -OCH3 is 1. The number of nitrogens with zero attached hydrogens (tertiary/aromatic N) is 4. The predicted octanol–water partition coefficient (Wildman–Crippen LogP) is 2.77. The average molecular weight is 401 g/mol. The Morgan fingerprint density at radius 1 is 1.07 bits per heavy atom. The first-order chi connectivity index (χ1) is 13.3. The van der Waals surface area contributed by atoms with Crippen LogP contribution in [0.3, 0.4) is 0 Å². The summed E-state index contributed by atoms with van der Waals surface area (Å²) in [4.78, 5) is 13.5. The van der Waals surface area contributed by atoms with E-state index in [0.29, 0.717) is 39.6 Å². The van der Waals surface area contributed by atoms with Gasteiger partial charge in [-0.05, 0) is 37.3 Å². The predicted molar refractivity (Wildman–Crippen MR) is 103 cm³/mol. The van der Waals surface area contributed by atoms with Gasteiger partial charge in [0.2, 0.25) is 15.9 Å². The number of pyridine rings is 1. The lowest BCUT2D eigenvalue weighted by atomic mass is 10.2. The molecule has 28 heavy (non-hydrogen) atoms. The fourth-order valence-corrected chi connectivity index (χ4v) is 3.51. The molecule has 3 heterocycles. The number of nitrogens with one attached hydrogen (secondary N) is 1. The molecule has 1 N–H and O–H groups in total. The van der Waals surface area contributed by atoms with Crippen LogP contribution in [0.5, 0.6) is 5.88 Å². The molecule has 0 amide bonds. The molecule has 4 aromatic rings. The number of hydrogen-bond acceptors (Lipinski definition) is 6. The van der Waals surface area contributed by atoms with Gasteiger partial charge in [0.15, 0.2) is 11.5 Å². The average Bonchev–Trinajstić information content (AvgIpc) is 2.99. The number of fused-ring (bicyclic) bond motifs is 3. The lowest BCUT2D eigenvalue weighted by Gasteiger charge is -2.11. The van der Waals surface area contributed by atoms with Crippen LogP contribution in [-0.2, 0) is 10.0 Å². The van der Waals surface area contributed by atoms with Gasteiger partial charge in [0.25, 0.3) is 0 Å². The molecule has 0 spiro atoms. The molecule has 3 aromatic heterocycles. The summed E-state index contributed by atoms with van der Waals surface area (Å²) >= 11 is 0. The zero-order chi connectivity index (χ0) is 20.1. The van der Waals surface area contributed by atoms with E-state index in [1.807, 2.05) is 0 Å². The van der Waals surface area contributed by atoms with Crippen LogP contribution in [0.4, 0.5) is 10.2 Å². The highest BCUT2D eigenvalue weighted by Crippen LogP contribution is 2.31. The molecule has 0 fully saturated rings. The molecule has 0 unspecified atom stereocenters. The largest absolute Gasteiger partial charge is 0.481 e. The number of aryl methyl sites for hydroxylation is 1. The molecular weight excluding hydrogens is 385 g/mol. The van der Waals surface area contributed by atoms with E-state index in [0.717, 1.165) is 6.26 Å². The molecule has 144 valence electrons. The smallest absolute Gasteiger partial charge is 0.231 e. The van der Waals surface area contributed by atoms with Crippen LogP contribution in [0, 0.1) is 12.7 Å². The third kappa shape index (κ3) is 3.11. The van der Waals surface area contributed by atoms with Crippen molar-refractivity contribution < 1.29 is 17.5 Å². The molecule has 0 radical (unpaired) electrons. The zero-order valence-corrected chi connectivity index (χ0v) is 16.1. The quantitative estimate of drug-likeness (QED) is 0.565. The first-order valence-corrected chi connectivity index (χ1v) is 10.1. The van der Waals surface area contributed by atoms with Crippen LogP contribution in [0.25, 0.3) is 28.1 Å². The number of ether oxygens (including phenoxy) is 1. The maximum atomic E-state index is 13.4. The highest BCUT2D eigenvalue weighted by Gasteiger charge is 2.21. The Hall–Kier alpha value is -3.27. The van der Waals surface area contributed by atoms with E-state index < -0.39 is 10.0 Å². The minimum atomic E-state index is -3.58. The summed E-state index contributed by atoms with van der Waals surface area (Å²) in [6.07, 6.45) is 1.05. The second-order valence-corrected chi connectivity index (χ2v) is 7.99. The number of hydrogen-bond donors (Lipinski definition) is 1. The molecule has 0 aliphatic rings. The molecular formula is C18H16FN5O3S. The maximum absolute atomic E-state index is 13.4. The molecule has 8 nitrogen and oxygen atoms in total. The topological polar surface area (TPSA) is 98.5 Å². The second-order valence-electron chi connectivity index (χ2n) is 6.24. The van der Waals surface area contributed by atoms with Crippen molar-refractivity contribution in [1.82, 2.24) is 19.4 Å². The number of aromatic nitrogens is 4. The Bertz CT molecular complexity index is 1320. The summed E-state index contributed by atoms with van der Waals surface area (Å²) in [6, 6.07) is 9.17. The third-order valence-electron chi connectivity index (χ3n) is 4.14. The molecule has 0 atom stereocenters. The summed E-state index contributed by atoms with van der Waals surface area (Å²) in [5.41, 5.74) is 2.53. The van der Waals surface area contributed by atoms with Crippen LogP contribution in [-0.4, -0.2) is 41.1 Å². The van der Waals surface area contributed by atoms with E-state index in [9.17, 15) is 12.8 Å². The SMILES string of the molecule is COc1ccc2nc(NS(C)(=O)=O)c3c(C)nc(-c4ccc(F)cc4)n3c2n1. The highest BCUT2D eigenvalue weighted by molar-refractivity contribution is 7.92. The molecule has 0 aliphatic carbocycles. The van der Waals surface area contributed by atoms with Crippen molar-refractivity contribution in [3.8, 4) is 17.3 Å². The van der Waals surface area contributed by atoms with Crippen LogP contribution in [0.1, 0.15) is 5.69 Å². The number of benzene rings is 1. The minimum Gasteiger partial charge on any atom is -0.481 e. The van der Waals surface area contributed by atoms with Gasteiger partial charge < -0.3 is 4.74 Å². The summed E-state index contributed by atoms with van der Waals surface area (Å²) in [6.45, 7) is 1.74. The van der Waals surface area contributed by atoms with Crippen molar-refractivity contribution in [3.63, 3.8) is 0 Å². The second kappa shape index (κ2) is 6.41. The number of rotatable bonds is 4. The van der Waals surface area contributed by atoms with Gasteiger partial charge in [-0.15, -0.1) is 0 Å². The molecule has 0 aliphatic heterocycles. The standard InChI is InChI=1S/C18H16FN5O3S/c1-10-15-16(23-28(3,25)26)21-13-8-9-14(27-2)22-18(13)24(15)17(20-10)11-4-6-12(19)7-5-11/h4-9H,1-3H3,(H,21,23). The molecule has 0 saturated heterocycles. The Morgan fingerprint density at radius 3 is 2.43 bits per heavy atom. The normalized spacial score (nSPS) is 11.9. The molecule has 1 aromatic carbocycles. The van der Waals surface area contributed by atoms with Crippen molar-refractivity contribution in [3.05, 3.63) is 47.9 Å². The van der Waals surface area contributed by atoms with E-state index in [-0.39, 0.29) is 11.6 Å². The van der Waals surface area contributed by atoms with Gasteiger partial charge in [0, 0.05) is 11.6 Å². The van der Waals surface area contributed by atoms with E-state index in [1.165, 1.54) is 19.2 Å². The van der Waals surface area contributed by atoms with Crippen molar-refractivity contribution in [2.45, 2.75) is 6.92 Å². The highest BCUT2D eigenvalue weighted by atomic mass is 32.2. The summed E-state index contributed by atoms with van der Waals surface area (Å²) in [5, 5.41) is 0. The Morgan fingerprint density at radius 2 is 1.79 bits per heavy atom. The number of halogens is 1. The van der Waals surface area contributed by atoms with Crippen LogP contribution in [0.15, 0.2) is 36.4 Å². The molecule has 0 saturated carbocycles. The van der Waals surface area contributed by atoms with Crippen molar-refractivity contribution in [2.75, 3.05) is 18.1 Å². The van der Waals surface area contributed by atoms with Crippen molar-refractivity contribution >= 4 is 32.5 Å². The monoisotopic (exact) mass is 401 g/mol. The van der Waals surface area contributed by atoms with Crippen LogP contribution in [0.2, 0.25) is 0 Å². The molecule has 0 bridgehead atoms. The first kappa shape index (κ1) is 18.1. The molecule has 4 rings (SSSR count). The van der Waals surface area contributed by atoms with E-state index in [4.69, 9.17) is 4.74 Å². The number of imidazole rings is 1. The van der Waals surface area contributed by atoms with Gasteiger partial charge in [0.05, 0.1) is 19.1 Å². The number of anilines is 1. The van der Waals surface area contributed by atoms with E-state index in [1.54, 1.807) is 35.6 Å². The van der Waals surface area contributed by atoms with Crippen LogP contribution < -0.4 is 9.46 Å². The van der Waals surface area contributed by atoms with Gasteiger partial charge in [-0.3, -0.25) is 9.12 Å². The first-order valence-electron chi connectivity index (χ1n) is 8.24. The summed E-state index contributed by atoms with van der Waals surface area (Å²) < 4.78 is 46.4.